The number of rotatable bonds is 5. The molecule has 1 saturated heterocycles. The summed E-state index contributed by atoms with van der Waals surface area (Å²) in [4.78, 5) is 10.6. The van der Waals surface area contributed by atoms with Gasteiger partial charge in [-0.25, -0.2) is 0 Å². The van der Waals surface area contributed by atoms with Crippen LogP contribution in [0, 0.1) is 0 Å². The van der Waals surface area contributed by atoms with E-state index < -0.39 is 36.5 Å². The Labute approximate surface area is 109 Å². The predicted molar refractivity (Wildman–Crippen MR) is 64.9 cm³/mol. The topological polar surface area (TPSA) is 119 Å². The van der Waals surface area contributed by atoms with E-state index in [1.807, 2.05) is 0 Å². The molecular formula is C10H19NO6S. The number of carbonyl (C=O) groups is 1. The zero-order valence-electron chi connectivity index (χ0n) is 10.0. The van der Waals surface area contributed by atoms with Crippen molar-refractivity contribution in [2.24, 2.45) is 0 Å². The van der Waals surface area contributed by atoms with Gasteiger partial charge in [0.25, 0.3) is 0 Å². The van der Waals surface area contributed by atoms with E-state index in [1.54, 1.807) is 0 Å². The third-order valence-electron chi connectivity index (χ3n) is 2.61. The number of nitrogens with one attached hydrogen (secondary N) is 1. The Bertz CT molecular complexity index is 277. The van der Waals surface area contributed by atoms with Gasteiger partial charge in [0, 0.05) is 19.2 Å². The number of thioether (sulfide) groups is 1. The summed E-state index contributed by atoms with van der Waals surface area (Å²) in [5.41, 5.74) is -0.741. The van der Waals surface area contributed by atoms with Crippen molar-refractivity contribution < 1.29 is 30.0 Å². The number of carbonyl (C=O) groups excluding carboxylic acids is 1. The molecule has 7 nitrogen and oxygen atoms in total. The summed E-state index contributed by atoms with van der Waals surface area (Å²) in [6.45, 7) is 1.38. The van der Waals surface area contributed by atoms with Crippen LogP contribution >= 0.6 is 11.8 Å². The van der Waals surface area contributed by atoms with E-state index >= 15 is 0 Å². The van der Waals surface area contributed by atoms with Crippen molar-refractivity contribution >= 4 is 17.7 Å². The fraction of sp³-hybridized carbons (Fsp3) is 0.900. The fourth-order valence-electron chi connectivity index (χ4n) is 1.61. The van der Waals surface area contributed by atoms with Crippen molar-refractivity contribution in [2.45, 2.75) is 36.8 Å². The van der Waals surface area contributed by atoms with Crippen LogP contribution in [0.3, 0.4) is 0 Å². The summed E-state index contributed by atoms with van der Waals surface area (Å²) in [7, 11) is 0. The van der Waals surface area contributed by atoms with Crippen LogP contribution in [0.4, 0.5) is 0 Å². The van der Waals surface area contributed by atoms with Gasteiger partial charge in [0.2, 0.25) is 5.91 Å². The van der Waals surface area contributed by atoms with Crippen LogP contribution in [0.2, 0.25) is 0 Å². The van der Waals surface area contributed by atoms with Crippen molar-refractivity contribution in [3.8, 4) is 0 Å². The predicted octanol–water partition coefficient (Wildman–Crippen LogP) is -2.34. The minimum absolute atomic E-state index is 0.149. The maximum absolute atomic E-state index is 10.6. The van der Waals surface area contributed by atoms with Crippen molar-refractivity contribution in [1.82, 2.24) is 5.32 Å². The Morgan fingerprint density at radius 2 is 1.94 bits per heavy atom. The van der Waals surface area contributed by atoms with Gasteiger partial charge in [-0.2, -0.15) is 0 Å². The highest BCUT2D eigenvalue weighted by atomic mass is 32.2. The summed E-state index contributed by atoms with van der Waals surface area (Å²) in [5, 5.41) is 40.4. The first-order chi connectivity index (χ1) is 8.47. The first-order valence-electron chi connectivity index (χ1n) is 5.64. The van der Waals surface area contributed by atoms with Crippen molar-refractivity contribution in [2.75, 3.05) is 18.9 Å². The highest BCUT2D eigenvalue weighted by molar-refractivity contribution is 7.99. The molecule has 1 aliphatic heterocycles. The summed E-state index contributed by atoms with van der Waals surface area (Å²) in [6.07, 6.45) is -4.81. The average molecular weight is 281 g/mol. The van der Waals surface area contributed by atoms with Gasteiger partial charge in [-0.1, -0.05) is 0 Å². The molecule has 0 aromatic heterocycles. The summed E-state index contributed by atoms with van der Waals surface area (Å²) in [5.74, 6) is 0.340. The monoisotopic (exact) mass is 281 g/mol. The second-order valence-corrected chi connectivity index (χ2v) is 5.26. The van der Waals surface area contributed by atoms with E-state index in [2.05, 4.69) is 5.32 Å². The Balaban J connectivity index is 2.41. The first-order valence-corrected chi connectivity index (χ1v) is 6.68. The summed E-state index contributed by atoms with van der Waals surface area (Å²) >= 11 is 1.20. The van der Waals surface area contributed by atoms with Gasteiger partial charge in [-0.05, 0) is 0 Å². The van der Waals surface area contributed by atoms with Crippen LogP contribution in [-0.4, -0.2) is 75.1 Å². The standard InChI is InChI=1S/C10H19NO6S/c1-5(13)11-2-3-18-10-9(16)8(15)7(14)6(4-12)17-10/h6-10,12,14-16H,2-4H2,1H3,(H,11,13)/t6?,7-,8-,9?,10-/m0/s1. The molecule has 5 atom stereocenters. The number of ether oxygens (including phenoxy) is 1. The van der Waals surface area contributed by atoms with Crippen LogP contribution in [0.15, 0.2) is 0 Å². The minimum atomic E-state index is -1.35. The van der Waals surface area contributed by atoms with Crippen LogP contribution in [0.25, 0.3) is 0 Å². The maximum atomic E-state index is 10.6. The van der Waals surface area contributed by atoms with Crippen LogP contribution in [-0.2, 0) is 9.53 Å². The molecule has 2 unspecified atom stereocenters. The van der Waals surface area contributed by atoms with Crippen molar-refractivity contribution in [1.29, 1.82) is 0 Å². The lowest BCUT2D eigenvalue weighted by Gasteiger charge is -2.39. The fourth-order valence-corrected chi connectivity index (χ4v) is 2.64. The van der Waals surface area contributed by atoms with Crippen LogP contribution < -0.4 is 5.32 Å². The molecule has 1 rings (SSSR count). The van der Waals surface area contributed by atoms with Gasteiger partial charge in [-0.3, -0.25) is 4.79 Å². The Kier molecular flexibility index (Phi) is 6.33. The van der Waals surface area contributed by atoms with Crippen molar-refractivity contribution in [3.63, 3.8) is 0 Å². The van der Waals surface area contributed by atoms with E-state index in [0.717, 1.165) is 0 Å². The largest absolute Gasteiger partial charge is 0.394 e. The molecule has 1 fully saturated rings. The first kappa shape index (κ1) is 15.7. The summed E-state index contributed by atoms with van der Waals surface area (Å²) in [6, 6.07) is 0. The molecule has 0 aliphatic carbocycles. The number of aliphatic hydroxyl groups is 4. The molecule has 1 amide bonds. The number of hydrogen-bond acceptors (Lipinski definition) is 7. The van der Waals surface area contributed by atoms with Gasteiger partial charge in [-0.15, -0.1) is 11.8 Å². The summed E-state index contributed by atoms with van der Waals surface area (Å²) < 4.78 is 5.28. The smallest absolute Gasteiger partial charge is 0.216 e. The molecule has 8 heteroatoms. The molecule has 0 aromatic rings. The molecule has 0 bridgehead atoms. The molecule has 1 aliphatic rings. The second-order valence-electron chi connectivity index (χ2n) is 4.05. The van der Waals surface area contributed by atoms with Crippen LogP contribution in [0.1, 0.15) is 6.92 Å². The Morgan fingerprint density at radius 3 is 2.50 bits per heavy atom. The van der Waals surface area contributed by atoms with Gasteiger partial charge < -0.3 is 30.5 Å². The average Bonchev–Trinajstić information content (AvgIpc) is 2.34. The molecular weight excluding hydrogens is 262 g/mol. The number of amides is 1. The lowest BCUT2D eigenvalue weighted by atomic mass is 10.0. The van der Waals surface area contributed by atoms with E-state index in [1.165, 1.54) is 18.7 Å². The second kappa shape index (κ2) is 7.27. The van der Waals surface area contributed by atoms with Gasteiger partial charge >= 0.3 is 0 Å². The molecule has 106 valence electrons. The highest BCUT2D eigenvalue weighted by Gasteiger charge is 2.43. The van der Waals surface area contributed by atoms with Gasteiger partial charge in [0.1, 0.15) is 29.9 Å². The highest BCUT2D eigenvalue weighted by Crippen LogP contribution is 2.28. The van der Waals surface area contributed by atoms with Gasteiger partial charge in [0.15, 0.2) is 0 Å². The van der Waals surface area contributed by atoms with Gasteiger partial charge in [0.05, 0.1) is 6.61 Å². The Hall–Kier alpha value is -0.380. The number of aliphatic hydroxyl groups excluding tert-OH is 4. The zero-order chi connectivity index (χ0) is 13.7. The molecule has 5 N–H and O–H groups in total. The molecule has 0 aromatic carbocycles. The molecule has 0 radical (unpaired) electrons. The van der Waals surface area contributed by atoms with Crippen molar-refractivity contribution in [3.05, 3.63) is 0 Å². The van der Waals surface area contributed by atoms with E-state index in [-0.39, 0.29) is 5.91 Å². The lowest BCUT2D eigenvalue weighted by Crippen LogP contribution is -2.57. The Morgan fingerprint density at radius 1 is 1.28 bits per heavy atom. The third-order valence-corrected chi connectivity index (χ3v) is 3.76. The number of hydrogen-bond donors (Lipinski definition) is 5. The SMILES string of the molecule is CC(=O)NCCS[C@@H]1OC(CO)[C@H](O)[C@H](O)C1O. The van der Waals surface area contributed by atoms with E-state index in [9.17, 15) is 20.1 Å². The lowest BCUT2D eigenvalue weighted by molar-refractivity contribution is -0.205. The minimum Gasteiger partial charge on any atom is -0.394 e. The normalized spacial score (nSPS) is 36.4. The zero-order valence-corrected chi connectivity index (χ0v) is 10.8. The molecule has 18 heavy (non-hydrogen) atoms. The van der Waals surface area contributed by atoms with E-state index in [0.29, 0.717) is 12.3 Å². The quantitative estimate of drug-likeness (QED) is 0.358. The molecule has 1 heterocycles. The molecule has 0 saturated carbocycles. The third kappa shape index (κ3) is 4.08. The van der Waals surface area contributed by atoms with Crippen LogP contribution in [0.5, 0.6) is 0 Å². The van der Waals surface area contributed by atoms with E-state index in [4.69, 9.17) is 9.84 Å². The molecule has 0 spiro atoms. The maximum Gasteiger partial charge on any atom is 0.216 e.